The SMILES string of the molecule is N=C(OC/C=C/Cc1ccccc1)C(Cl)(Cl)Cl. The lowest BCUT2D eigenvalue weighted by Crippen LogP contribution is -2.21. The Morgan fingerprint density at radius 1 is 1.18 bits per heavy atom. The number of nitrogens with one attached hydrogen (secondary N) is 1. The smallest absolute Gasteiger partial charge is 0.265 e. The Hall–Kier alpha value is -0.700. The number of hydrogen-bond donors (Lipinski definition) is 1. The fourth-order valence-electron chi connectivity index (χ4n) is 1.11. The van der Waals surface area contributed by atoms with Gasteiger partial charge in [0.05, 0.1) is 0 Å². The maximum Gasteiger partial charge on any atom is 0.265 e. The third-order valence-corrected chi connectivity index (χ3v) is 2.46. The summed E-state index contributed by atoms with van der Waals surface area (Å²) in [6.07, 6.45) is 4.55. The molecule has 1 N–H and O–H groups in total. The van der Waals surface area contributed by atoms with Crippen LogP contribution < -0.4 is 0 Å². The van der Waals surface area contributed by atoms with E-state index < -0.39 is 3.79 Å². The largest absolute Gasteiger partial charge is 0.474 e. The molecule has 0 heterocycles. The van der Waals surface area contributed by atoms with E-state index in [1.807, 2.05) is 36.4 Å². The molecule has 0 unspecified atom stereocenters. The van der Waals surface area contributed by atoms with Gasteiger partial charge in [-0.2, -0.15) is 0 Å². The van der Waals surface area contributed by atoms with Crippen molar-refractivity contribution < 1.29 is 4.74 Å². The van der Waals surface area contributed by atoms with Crippen LogP contribution >= 0.6 is 34.8 Å². The summed E-state index contributed by atoms with van der Waals surface area (Å²) in [5, 5.41) is 7.29. The molecule has 1 aromatic rings. The molecule has 5 heteroatoms. The van der Waals surface area contributed by atoms with Crippen LogP contribution in [0.1, 0.15) is 5.56 Å². The zero-order chi connectivity index (χ0) is 12.7. The lowest BCUT2D eigenvalue weighted by atomic mass is 10.1. The minimum Gasteiger partial charge on any atom is -0.474 e. The van der Waals surface area contributed by atoms with Crippen LogP contribution in [0.2, 0.25) is 0 Å². The number of allylic oxidation sites excluding steroid dienone is 1. The lowest BCUT2D eigenvalue weighted by molar-refractivity contribution is 0.340. The van der Waals surface area contributed by atoms with Crippen molar-refractivity contribution in [2.75, 3.05) is 6.61 Å². The van der Waals surface area contributed by atoms with Crippen molar-refractivity contribution in [3.05, 3.63) is 48.0 Å². The molecule has 0 bridgehead atoms. The highest BCUT2D eigenvalue weighted by Gasteiger charge is 2.28. The Kier molecular flexibility index (Phi) is 5.83. The first-order valence-electron chi connectivity index (χ1n) is 4.97. The van der Waals surface area contributed by atoms with E-state index >= 15 is 0 Å². The van der Waals surface area contributed by atoms with Crippen molar-refractivity contribution in [2.24, 2.45) is 0 Å². The van der Waals surface area contributed by atoms with E-state index in [0.717, 1.165) is 6.42 Å². The molecular formula is C12H12Cl3NO. The fraction of sp³-hybridized carbons (Fsp3) is 0.250. The van der Waals surface area contributed by atoms with E-state index in [1.165, 1.54) is 5.56 Å². The summed E-state index contributed by atoms with van der Waals surface area (Å²) in [4.78, 5) is 0. The van der Waals surface area contributed by atoms with Gasteiger partial charge in [-0.25, -0.2) is 0 Å². The monoisotopic (exact) mass is 291 g/mol. The first-order chi connectivity index (χ1) is 8.00. The summed E-state index contributed by atoms with van der Waals surface area (Å²) in [6.45, 7) is 0.222. The molecule has 0 aromatic heterocycles. The quantitative estimate of drug-likeness (QED) is 0.384. The molecule has 0 aliphatic carbocycles. The number of hydrogen-bond acceptors (Lipinski definition) is 2. The first-order valence-corrected chi connectivity index (χ1v) is 6.11. The van der Waals surface area contributed by atoms with E-state index in [2.05, 4.69) is 0 Å². The van der Waals surface area contributed by atoms with Crippen molar-refractivity contribution in [1.29, 1.82) is 5.41 Å². The van der Waals surface area contributed by atoms with E-state index in [4.69, 9.17) is 44.9 Å². The van der Waals surface area contributed by atoms with E-state index in [9.17, 15) is 0 Å². The molecule has 1 rings (SSSR count). The Labute approximate surface area is 116 Å². The fourth-order valence-corrected chi connectivity index (χ4v) is 1.28. The van der Waals surface area contributed by atoms with Crippen LogP contribution in [0.5, 0.6) is 0 Å². The van der Waals surface area contributed by atoms with Crippen molar-refractivity contribution in [1.82, 2.24) is 0 Å². The molecule has 0 radical (unpaired) electrons. The minimum atomic E-state index is -1.78. The molecule has 0 amide bonds. The van der Waals surface area contributed by atoms with Gasteiger partial charge in [0, 0.05) is 0 Å². The predicted molar refractivity (Wildman–Crippen MR) is 73.3 cm³/mol. The summed E-state index contributed by atoms with van der Waals surface area (Å²) in [5.41, 5.74) is 1.21. The molecule has 0 spiro atoms. The van der Waals surface area contributed by atoms with Gasteiger partial charge >= 0.3 is 0 Å². The molecule has 0 atom stereocenters. The van der Waals surface area contributed by atoms with Gasteiger partial charge in [0.1, 0.15) is 6.61 Å². The Morgan fingerprint density at radius 2 is 1.82 bits per heavy atom. The molecule has 0 fully saturated rings. The maximum atomic E-state index is 7.29. The second-order valence-corrected chi connectivity index (χ2v) is 5.58. The van der Waals surface area contributed by atoms with Gasteiger partial charge in [-0.1, -0.05) is 77.3 Å². The van der Waals surface area contributed by atoms with Gasteiger partial charge in [-0.3, -0.25) is 5.41 Å². The summed E-state index contributed by atoms with van der Waals surface area (Å²) in [6, 6.07) is 10.0. The summed E-state index contributed by atoms with van der Waals surface area (Å²) in [7, 11) is 0. The van der Waals surface area contributed by atoms with Gasteiger partial charge < -0.3 is 4.74 Å². The van der Waals surface area contributed by atoms with Gasteiger partial charge in [0.25, 0.3) is 3.79 Å². The molecule has 0 aliphatic rings. The average Bonchev–Trinajstić information content (AvgIpc) is 2.28. The van der Waals surface area contributed by atoms with E-state index in [-0.39, 0.29) is 12.5 Å². The summed E-state index contributed by atoms with van der Waals surface area (Å²) >= 11 is 16.3. The van der Waals surface area contributed by atoms with Crippen LogP contribution in [0.15, 0.2) is 42.5 Å². The molecule has 92 valence electrons. The standard InChI is InChI=1S/C12H12Cl3NO/c13-12(14,15)11(16)17-9-5-4-8-10-6-2-1-3-7-10/h1-7,16H,8-9H2/b5-4+,16-11?. The van der Waals surface area contributed by atoms with Gasteiger partial charge in [-0.15, -0.1) is 0 Å². The van der Waals surface area contributed by atoms with Crippen LogP contribution in [0.3, 0.4) is 0 Å². The predicted octanol–water partition coefficient (Wildman–Crippen LogP) is 4.15. The highest BCUT2D eigenvalue weighted by molar-refractivity contribution is 6.76. The molecule has 0 saturated heterocycles. The number of alkyl halides is 3. The average molecular weight is 293 g/mol. The Morgan fingerprint density at radius 3 is 2.41 bits per heavy atom. The molecule has 1 aromatic carbocycles. The third-order valence-electron chi connectivity index (χ3n) is 1.94. The van der Waals surface area contributed by atoms with Crippen molar-refractivity contribution >= 4 is 40.7 Å². The number of halogens is 3. The summed E-state index contributed by atoms with van der Waals surface area (Å²) in [5.74, 6) is -0.369. The highest BCUT2D eigenvalue weighted by atomic mass is 35.6. The Bertz CT molecular complexity index is 384. The van der Waals surface area contributed by atoms with Crippen molar-refractivity contribution in [3.63, 3.8) is 0 Å². The number of rotatable bonds is 4. The molecule has 17 heavy (non-hydrogen) atoms. The van der Waals surface area contributed by atoms with Crippen LogP contribution in [0.4, 0.5) is 0 Å². The zero-order valence-electron chi connectivity index (χ0n) is 9.00. The summed E-state index contributed by atoms with van der Waals surface area (Å²) < 4.78 is 3.16. The molecule has 0 aliphatic heterocycles. The first kappa shape index (κ1) is 14.4. The second kappa shape index (κ2) is 6.90. The zero-order valence-corrected chi connectivity index (χ0v) is 11.3. The lowest BCUT2D eigenvalue weighted by Gasteiger charge is -2.11. The topological polar surface area (TPSA) is 33.1 Å². The van der Waals surface area contributed by atoms with Crippen LogP contribution in [-0.4, -0.2) is 16.3 Å². The van der Waals surface area contributed by atoms with Crippen molar-refractivity contribution in [2.45, 2.75) is 10.2 Å². The molecule has 0 saturated carbocycles. The molecule has 2 nitrogen and oxygen atoms in total. The molecular weight excluding hydrogens is 280 g/mol. The number of benzene rings is 1. The van der Waals surface area contributed by atoms with Crippen molar-refractivity contribution in [3.8, 4) is 0 Å². The van der Waals surface area contributed by atoms with Gasteiger partial charge in [0.15, 0.2) is 0 Å². The van der Waals surface area contributed by atoms with E-state index in [1.54, 1.807) is 6.08 Å². The van der Waals surface area contributed by atoms with Crippen LogP contribution in [0, 0.1) is 5.41 Å². The third kappa shape index (κ3) is 5.97. The second-order valence-electron chi connectivity index (χ2n) is 3.30. The maximum absolute atomic E-state index is 7.29. The Balaban J connectivity index is 2.26. The highest BCUT2D eigenvalue weighted by Crippen LogP contribution is 2.27. The normalized spacial score (nSPS) is 11.7. The van der Waals surface area contributed by atoms with Gasteiger partial charge in [0.2, 0.25) is 5.90 Å². The van der Waals surface area contributed by atoms with Crippen LogP contribution in [0.25, 0.3) is 0 Å². The number of ether oxygens (including phenoxy) is 1. The van der Waals surface area contributed by atoms with Gasteiger partial charge in [-0.05, 0) is 12.0 Å². The minimum absolute atomic E-state index is 0.222. The van der Waals surface area contributed by atoms with E-state index in [0.29, 0.717) is 0 Å². The van der Waals surface area contributed by atoms with Crippen LogP contribution in [-0.2, 0) is 11.2 Å².